The first kappa shape index (κ1) is 15.9. The molecule has 1 rings (SSSR count). The van der Waals surface area contributed by atoms with Gasteiger partial charge in [-0.1, -0.05) is 52.9 Å². The first-order valence-electron chi connectivity index (χ1n) is 6.75. The molecule has 1 fully saturated rings. The van der Waals surface area contributed by atoms with E-state index in [0.29, 0.717) is 12.0 Å². The Balaban J connectivity index is 0.000000635. The molecule has 0 aliphatic carbocycles. The highest BCUT2D eigenvalue weighted by atomic mass is 16.6. The van der Waals surface area contributed by atoms with E-state index in [4.69, 9.17) is 5.11 Å². The summed E-state index contributed by atoms with van der Waals surface area (Å²) in [7, 11) is 0. The van der Waals surface area contributed by atoms with E-state index in [9.17, 15) is 0 Å². The molecule has 98 valence electrons. The molecule has 0 amide bonds. The highest BCUT2D eigenvalue weighted by Gasteiger charge is 2.08. The van der Waals surface area contributed by atoms with Crippen molar-refractivity contribution in [2.45, 2.75) is 65.7 Å². The summed E-state index contributed by atoms with van der Waals surface area (Å²) in [5, 5.41) is 8.58. The van der Waals surface area contributed by atoms with E-state index >= 15 is 0 Å². The van der Waals surface area contributed by atoms with Crippen LogP contribution in [0.1, 0.15) is 65.7 Å². The molecule has 16 heavy (non-hydrogen) atoms. The summed E-state index contributed by atoms with van der Waals surface area (Å²) in [6.45, 7) is 9.28. The van der Waals surface area contributed by atoms with Crippen molar-refractivity contribution < 1.29 is 9.84 Å². The first-order chi connectivity index (χ1) is 7.56. The maximum Gasteiger partial charge on any atom is 0.0701 e. The Morgan fingerprint density at radius 2 is 1.31 bits per heavy atom. The molecule has 1 N–H and O–H groups in total. The van der Waals surface area contributed by atoms with E-state index in [1.54, 1.807) is 0 Å². The zero-order valence-electron chi connectivity index (χ0n) is 11.4. The lowest BCUT2D eigenvalue weighted by molar-refractivity contribution is 0.282. The van der Waals surface area contributed by atoms with E-state index in [0.717, 1.165) is 19.6 Å². The number of aliphatic hydroxyl groups excluding tert-OH is 1. The molecule has 0 aromatic carbocycles. The van der Waals surface area contributed by atoms with Crippen LogP contribution in [0.2, 0.25) is 0 Å². The molecule has 0 radical (unpaired) electrons. The van der Waals surface area contributed by atoms with E-state index < -0.39 is 0 Å². The van der Waals surface area contributed by atoms with E-state index in [-0.39, 0.29) is 0 Å². The maximum atomic E-state index is 8.58. The number of aliphatic hydroxyl groups is 1. The van der Waals surface area contributed by atoms with Crippen LogP contribution in [0.15, 0.2) is 0 Å². The van der Waals surface area contributed by atoms with Crippen molar-refractivity contribution in [3.8, 4) is 0 Å². The summed E-state index contributed by atoms with van der Waals surface area (Å²) in [5.41, 5.74) is 0.505. The fourth-order valence-corrected chi connectivity index (χ4v) is 1.47. The minimum Gasteiger partial charge on any atom is -0.396 e. The summed E-state index contributed by atoms with van der Waals surface area (Å²) in [6.07, 6.45) is 8.89. The smallest absolute Gasteiger partial charge is 0.0701 e. The Hall–Kier alpha value is -0.0800. The monoisotopic (exact) mass is 230 g/mol. The Morgan fingerprint density at radius 1 is 0.875 bits per heavy atom. The van der Waals surface area contributed by atoms with Gasteiger partial charge in [0.1, 0.15) is 0 Å². The van der Waals surface area contributed by atoms with Gasteiger partial charge in [-0.25, -0.2) is 0 Å². The average molecular weight is 230 g/mol. The van der Waals surface area contributed by atoms with E-state index in [1.807, 2.05) is 0 Å². The van der Waals surface area contributed by atoms with Crippen molar-refractivity contribution in [3.63, 3.8) is 0 Å². The van der Waals surface area contributed by atoms with Crippen molar-refractivity contribution in [2.24, 2.45) is 5.41 Å². The highest BCUT2D eigenvalue weighted by molar-refractivity contribution is 4.60. The molecular weight excluding hydrogens is 200 g/mol. The average Bonchev–Trinajstić information content (AvgIpc) is 3.01. The molecular formula is C14H30O2. The van der Waals surface area contributed by atoms with Crippen molar-refractivity contribution in [1.29, 1.82) is 0 Å². The summed E-state index contributed by atoms with van der Waals surface area (Å²) in [6, 6.07) is 0. The van der Waals surface area contributed by atoms with Crippen LogP contribution in [-0.4, -0.2) is 24.9 Å². The van der Waals surface area contributed by atoms with Crippen LogP contribution in [0.4, 0.5) is 0 Å². The van der Waals surface area contributed by atoms with Gasteiger partial charge in [-0.2, -0.15) is 0 Å². The normalized spacial score (nSPS) is 14.2. The van der Waals surface area contributed by atoms with E-state index in [2.05, 4.69) is 25.5 Å². The van der Waals surface area contributed by atoms with Crippen molar-refractivity contribution in [3.05, 3.63) is 0 Å². The fraction of sp³-hybridized carbons (Fsp3) is 1.00. The van der Waals surface area contributed by atoms with Crippen LogP contribution in [0, 0.1) is 5.41 Å². The Morgan fingerprint density at radius 3 is 1.69 bits per heavy atom. The van der Waals surface area contributed by atoms with Crippen LogP contribution >= 0.6 is 0 Å². The van der Waals surface area contributed by atoms with Gasteiger partial charge in [0.2, 0.25) is 0 Å². The molecule has 1 aliphatic heterocycles. The van der Waals surface area contributed by atoms with Crippen LogP contribution in [0.3, 0.4) is 0 Å². The molecule has 1 aliphatic rings. The van der Waals surface area contributed by atoms with Crippen LogP contribution < -0.4 is 0 Å². The third kappa shape index (κ3) is 19.5. The molecule has 1 heterocycles. The Bertz CT molecular complexity index is 133. The first-order valence-corrected chi connectivity index (χ1v) is 6.75. The molecule has 0 aromatic rings. The predicted octanol–water partition coefficient (Wildman–Crippen LogP) is 3.77. The molecule has 1 saturated heterocycles. The van der Waals surface area contributed by atoms with Crippen LogP contribution in [0.5, 0.6) is 0 Å². The largest absolute Gasteiger partial charge is 0.396 e. The molecule has 0 bridgehead atoms. The second kappa shape index (κ2) is 10.1. The van der Waals surface area contributed by atoms with Crippen molar-refractivity contribution >= 4 is 0 Å². The molecule has 0 unspecified atom stereocenters. The zero-order valence-corrected chi connectivity index (χ0v) is 11.4. The van der Waals surface area contributed by atoms with Crippen LogP contribution in [-0.2, 0) is 4.74 Å². The fourth-order valence-electron chi connectivity index (χ4n) is 1.47. The molecule has 0 saturated carbocycles. The second-order valence-electron chi connectivity index (χ2n) is 5.77. The van der Waals surface area contributed by atoms with Gasteiger partial charge in [0.25, 0.3) is 0 Å². The van der Waals surface area contributed by atoms with Gasteiger partial charge < -0.3 is 9.84 Å². The molecule has 0 aromatic heterocycles. The lowest BCUT2D eigenvalue weighted by atomic mass is 9.89. The molecule has 2 heteroatoms. The van der Waals surface area contributed by atoms with Crippen molar-refractivity contribution in [1.82, 2.24) is 0 Å². The van der Waals surface area contributed by atoms with Gasteiger partial charge in [0, 0.05) is 6.61 Å². The van der Waals surface area contributed by atoms with Gasteiger partial charge in [-0.3, -0.25) is 0 Å². The number of rotatable bonds is 7. The third-order valence-electron chi connectivity index (χ3n) is 2.54. The third-order valence-corrected chi connectivity index (χ3v) is 2.54. The van der Waals surface area contributed by atoms with Gasteiger partial charge in [0.15, 0.2) is 0 Å². The van der Waals surface area contributed by atoms with Gasteiger partial charge in [-0.15, -0.1) is 0 Å². The Labute approximate surface area is 101 Å². The van der Waals surface area contributed by atoms with Crippen molar-refractivity contribution in [2.75, 3.05) is 19.8 Å². The second-order valence-corrected chi connectivity index (χ2v) is 5.77. The standard InChI is InChI=1S/C12H26O.C2H4O/c1-12(2,3)10-8-6-4-5-7-9-11-13;1-2-3-1/h13H,4-11H2,1-3H3;1-2H2. The SMILES string of the molecule is C1CO1.CC(C)(C)CCCCCCCCO. The summed E-state index contributed by atoms with van der Waals surface area (Å²) in [4.78, 5) is 0. The quantitative estimate of drug-likeness (QED) is 0.533. The zero-order chi connectivity index (χ0) is 12.3. The number of unbranched alkanes of at least 4 members (excludes halogenated alkanes) is 5. The van der Waals surface area contributed by atoms with E-state index in [1.165, 1.54) is 38.5 Å². The lowest BCUT2D eigenvalue weighted by Gasteiger charge is -2.17. The minimum atomic E-state index is 0.363. The number of epoxide rings is 1. The van der Waals surface area contributed by atoms with Gasteiger partial charge in [0.05, 0.1) is 13.2 Å². The summed E-state index contributed by atoms with van der Waals surface area (Å²) in [5.74, 6) is 0. The molecule has 2 nitrogen and oxygen atoms in total. The molecule has 0 atom stereocenters. The highest BCUT2D eigenvalue weighted by Crippen LogP contribution is 2.22. The van der Waals surface area contributed by atoms with Crippen LogP contribution in [0.25, 0.3) is 0 Å². The number of hydrogen-bond acceptors (Lipinski definition) is 2. The predicted molar refractivity (Wildman–Crippen MR) is 69.7 cm³/mol. The van der Waals surface area contributed by atoms with Gasteiger partial charge >= 0.3 is 0 Å². The molecule has 0 spiro atoms. The van der Waals surface area contributed by atoms with Gasteiger partial charge in [-0.05, 0) is 18.3 Å². The topological polar surface area (TPSA) is 32.8 Å². The maximum absolute atomic E-state index is 8.58. The lowest BCUT2D eigenvalue weighted by Crippen LogP contribution is -2.03. The summed E-state index contributed by atoms with van der Waals surface area (Å²) < 4.78 is 4.50. The number of hydrogen-bond donors (Lipinski definition) is 1. The summed E-state index contributed by atoms with van der Waals surface area (Å²) >= 11 is 0. The number of ether oxygens (including phenoxy) is 1. The Kier molecular flexibility index (Phi) is 10.0. The minimum absolute atomic E-state index is 0.363.